The fourth-order valence-electron chi connectivity index (χ4n) is 7.25. The second-order valence-electron chi connectivity index (χ2n) is 12.4. The molecule has 2 heterocycles. The van der Waals surface area contributed by atoms with Crippen LogP contribution < -0.4 is 0 Å². The second-order valence-corrected chi connectivity index (χ2v) is 12.4. The van der Waals surface area contributed by atoms with Crippen molar-refractivity contribution in [1.82, 2.24) is 9.13 Å². The number of aryl methyl sites for hydroxylation is 2. The molecule has 0 saturated heterocycles. The predicted octanol–water partition coefficient (Wildman–Crippen LogP) is 11.8. The summed E-state index contributed by atoms with van der Waals surface area (Å²) in [5.74, 6) is 0. The molecule has 0 aliphatic heterocycles. The van der Waals surface area contributed by atoms with Crippen LogP contribution in [-0.2, 0) is 0 Å². The Morgan fingerprint density at radius 3 is 1.28 bits per heavy atom. The summed E-state index contributed by atoms with van der Waals surface area (Å²) in [4.78, 5) is 0. The largest absolute Gasteiger partial charge is 0.309 e. The van der Waals surface area contributed by atoms with Gasteiger partial charge in [0.1, 0.15) is 0 Å². The van der Waals surface area contributed by atoms with Crippen LogP contribution in [0.3, 0.4) is 0 Å². The number of benzene rings is 7. The number of rotatable bonds is 4. The first kappa shape index (κ1) is 26.5. The zero-order valence-corrected chi connectivity index (χ0v) is 25.9. The van der Waals surface area contributed by atoms with E-state index in [0.717, 1.165) is 11.4 Å². The molecule has 0 fully saturated rings. The molecule has 9 aromatic rings. The fourth-order valence-corrected chi connectivity index (χ4v) is 7.25. The topological polar surface area (TPSA) is 9.86 Å². The van der Waals surface area contributed by atoms with Crippen LogP contribution in [0, 0.1) is 13.8 Å². The molecule has 2 nitrogen and oxygen atoms in total. The molecule has 0 spiro atoms. The Morgan fingerprint density at radius 1 is 0.326 bits per heavy atom. The van der Waals surface area contributed by atoms with Crippen LogP contribution in [0.1, 0.15) is 11.1 Å². The molecule has 9 rings (SSSR count). The molecule has 218 valence electrons. The van der Waals surface area contributed by atoms with E-state index in [2.05, 4.69) is 181 Å². The summed E-state index contributed by atoms with van der Waals surface area (Å²) in [7, 11) is 0. The lowest BCUT2D eigenvalue weighted by Gasteiger charge is -2.11. The highest BCUT2D eigenvalue weighted by atomic mass is 15.0. The summed E-state index contributed by atoms with van der Waals surface area (Å²) >= 11 is 0. The van der Waals surface area contributed by atoms with Gasteiger partial charge in [0.15, 0.2) is 0 Å². The summed E-state index contributed by atoms with van der Waals surface area (Å²) in [6.07, 6.45) is 0. The van der Waals surface area contributed by atoms with Crippen molar-refractivity contribution in [3.63, 3.8) is 0 Å². The van der Waals surface area contributed by atoms with E-state index in [0.29, 0.717) is 0 Å². The number of hydrogen-bond acceptors (Lipinski definition) is 0. The van der Waals surface area contributed by atoms with Crippen LogP contribution in [0.5, 0.6) is 0 Å². The number of fused-ring (bicyclic) bond motifs is 7. The number of nitrogens with zero attached hydrogens (tertiary/aromatic N) is 2. The minimum Gasteiger partial charge on any atom is -0.309 e. The van der Waals surface area contributed by atoms with Gasteiger partial charge in [-0.2, -0.15) is 0 Å². The van der Waals surface area contributed by atoms with Crippen molar-refractivity contribution in [2.75, 3.05) is 0 Å². The predicted molar refractivity (Wildman–Crippen MR) is 195 cm³/mol. The lowest BCUT2D eigenvalue weighted by atomic mass is 10.0. The molecule has 0 aliphatic carbocycles. The third kappa shape index (κ3) is 4.11. The van der Waals surface area contributed by atoms with Gasteiger partial charge in [-0.05, 0) is 84.6 Å². The summed E-state index contributed by atoms with van der Waals surface area (Å²) in [5, 5.41) is 5.12. The molecule has 2 aromatic heterocycles. The zero-order valence-electron chi connectivity index (χ0n) is 25.9. The molecular formula is C44H32N2. The first-order valence-electron chi connectivity index (χ1n) is 15.9. The standard InChI is InChI=1S/C44H32N2/c1-29-14-16-31(17-15-29)32-18-22-35(23-19-32)45-39-12-5-3-10-37(39)43-41(45)26-27-42-44(43)38-11-4-6-13-40(38)46(42)36-24-20-33(21-25-36)34-9-7-8-30(2)28-34/h3-28H,1-2H3. The number of hydrogen-bond donors (Lipinski definition) is 0. The van der Waals surface area contributed by atoms with Gasteiger partial charge >= 0.3 is 0 Å². The van der Waals surface area contributed by atoms with Crippen LogP contribution in [0.4, 0.5) is 0 Å². The summed E-state index contributed by atoms with van der Waals surface area (Å²) in [6.45, 7) is 4.28. The van der Waals surface area contributed by atoms with Crippen LogP contribution in [0.2, 0.25) is 0 Å². The first-order chi connectivity index (χ1) is 22.6. The van der Waals surface area contributed by atoms with Crippen LogP contribution in [-0.4, -0.2) is 9.13 Å². The van der Waals surface area contributed by atoms with Crippen molar-refractivity contribution in [2.24, 2.45) is 0 Å². The van der Waals surface area contributed by atoms with Crippen LogP contribution >= 0.6 is 0 Å². The average molecular weight is 589 g/mol. The Balaban J connectivity index is 1.26. The molecule has 0 atom stereocenters. The average Bonchev–Trinajstić information content (AvgIpc) is 3.62. The van der Waals surface area contributed by atoms with Crippen LogP contribution in [0.25, 0.3) is 77.2 Å². The Morgan fingerprint density at radius 2 is 0.783 bits per heavy atom. The molecule has 46 heavy (non-hydrogen) atoms. The first-order valence-corrected chi connectivity index (χ1v) is 15.9. The minimum atomic E-state index is 1.16. The third-order valence-electron chi connectivity index (χ3n) is 9.46. The van der Waals surface area contributed by atoms with E-state index < -0.39 is 0 Å². The van der Waals surface area contributed by atoms with Crippen LogP contribution in [0.15, 0.2) is 158 Å². The van der Waals surface area contributed by atoms with Gasteiger partial charge in [-0.3, -0.25) is 0 Å². The molecule has 0 unspecified atom stereocenters. The maximum atomic E-state index is 2.42. The van der Waals surface area contributed by atoms with E-state index in [1.807, 2.05) is 0 Å². The van der Waals surface area contributed by atoms with Crippen molar-refractivity contribution < 1.29 is 0 Å². The van der Waals surface area contributed by atoms with E-state index in [4.69, 9.17) is 0 Å². The highest BCUT2D eigenvalue weighted by Gasteiger charge is 2.20. The fraction of sp³-hybridized carbons (Fsp3) is 0.0455. The van der Waals surface area contributed by atoms with E-state index in [1.165, 1.54) is 77.0 Å². The quantitative estimate of drug-likeness (QED) is 0.194. The Bertz CT molecular complexity index is 2560. The molecule has 0 bridgehead atoms. The molecule has 0 saturated carbocycles. The second kappa shape index (κ2) is 10.4. The van der Waals surface area contributed by atoms with Crippen molar-refractivity contribution in [3.05, 3.63) is 169 Å². The van der Waals surface area contributed by atoms with Gasteiger partial charge in [0.25, 0.3) is 0 Å². The third-order valence-corrected chi connectivity index (χ3v) is 9.46. The highest BCUT2D eigenvalue weighted by Crippen LogP contribution is 2.42. The van der Waals surface area contributed by atoms with Gasteiger partial charge in [-0.1, -0.05) is 120 Å². The van der Waals surface area contributed by atoms with E-state index in [1.54, 1.807) is 0 Å². The Labute approximate surface area is 268 Å². The van der Waals surface area contributed by atoms with Gasteiger partial charge in [-0.25, -0.2) is 0 Å². The Kier molecular flexibility index (Phi) is 5.97. The van der Waals surface area contributed by atoms with Crippen molar-refractivity contribution in [1.29, 1.82) is 0 Å². The van der Waals surface area contributed by atoms with Gasteiger partial charge in [0, 0.05) is 32.9 Å². The lowest BCUT2D eigenvalue weighted by molar-refractivity contribution is 1.17. The maximum Gasteiger partial charge on any atom is 0.0548 e. The van der Waals surface area contributed by atoms with Crippen molar-refractivity contribution in [2.45, 2.75) is 13.8 Å². The summed E-state index contributed by atoms with van der Waals surface area (Å²) < 4.78 is 4.85. The van der Waals surface area contributed by atoms with Gasteiger partial charge in [0.2, 0.25) is 0 Å². The lowest BCUT2D eigenvalue weighted by Crippen LogP contribution is -1.95. The van der Waals surface area contributed by atoms with Crippen molar-refractivity contribution in [3.8, 4) is 33.6 Å². The van der Waals surface area contributed by atoms with Gasteiger partial charge in [-0.15, -0.1) is 0 Å². The molecular weight excluding hydrogens is 556 g/mol. The molecule has 7 aromatic carbocycles. The molecule has 0 aliphatic rings. The smallest absolute Gasteiger partial charge is 0.0548 e. The monoisotopic (exact) mass is 588 g/mol. The van der Waals surface area contributed by atoms with Gasteiger partial charge in [0.05, 0.1) is 22.1 Å². The summed E-state index contributed by atoms with van der Waals surface area (Å²) in [5.41, 5.74) is 14.7. The Hall–Kier alpha value is -5.86. The zero-order chi connectivity index (χ0) is 30.8. The number of aromatic nitrogens is 2. The van der Waals surface area contributed by atoms with Gasteiger partial charge < -0.3 is 9.13 Å². The highest BCUT2D eigenvalue weighted by molar-refractivity contribution is 6.28. The molecule has 0 N–H and O–H groups in total. The SMILES string of the molecule is Cc1ccc(-c2ccc(-n3c4ccccc4c4c5c6ccccc6n(-c6ccc(-c7cccc(C)c7)cc6)c5ccc43)cc2)cc1. The molecule has 2 heteroatoms. The molecule has 0 radical (unpaired) electrons. The van der Waals surface area contributed by atoms with Crippen molar-refractivity contribution >= 4 is 43.6 Å². The van der Waals surface area contributed by atoms with E-state index in [-0.39, 0.29) is 0 Å². The normalized spacial score (nSPS) is 11.7. The number of para-hydroxylation sites is 2. The summed E-state index contributed by atoms with van der Waals surface area (Å²) in [6, 6.07) is 57.7. The van der Waals surface area contributed by atoms with E-state index in [9.17, 15) is 0 Å². The minimum absolute atomic E-state index is 1.16. The van der Waals surface area contributed by atoms with E-state index >= 15 is 0 Å². The molecule has 0 amide bonds. The maximum absolute atomic E-state index is 2.42.